The van der Waals surface area contributed by atoms with E-state index in [4.69, 9.17) is 5.73 Å². The third kappa shape index (κ3) is 5.45. The molecule has 0 fully saturated rings. The first-order valence-electron chi connectivity index (χ1n) is 9.04. The number of nitrogens with two attached hydrogens (primary N) is 1. The largest absolute Gasteiger partial charge is 0.399 e. The minimum absolute atomic E-state index is 0.507. The van der Waals surface area contributed by atoms with Crippen LogP contribution in [0.4, 0.5) is 5.69 Å². The van der Waals surface area contributed by atoms with Crippen molar-refractivity contribution in [2.24, 2.45) is 0 Å². The Bertz CT molecular complexity index is 748. The summed E-state index contributed by atoms with van der Waals surface area (Å²) in [5.74, 6) is 0. The highest BCUT2D eigenvalue weighted by Crippen LogP contribution is 2.20. The summed E-state index contributed by atoms with van der Waals surface area (Å²) >= 11 is 0. The fourth-order valence-electron chi connectivity index (χ4n) is 3.14. The van der Waals surface area contributed by atoms with E-state index in [0.29, 0.717) is 12.1 Å². The van der Waals surface area contributed by atoms with Crippen molar-refractivity contribution >= 4 is 5.69 Å². The van der Waals surface area contributed by atoms with E-state index in [0.717, 1.165) is 25.2 Å². The molecule has 3 aromatic rings. The van der Waals surface area contributed by atoms with Gasteiger partial charge in [0.2, 0.25) is 0 Å². The smallest absolute Gasteiger partial charge is 0.0803 e. The average molecular weight is 346 g/mol. The molecule has 3 nitrogen and oxygen atoms in total. The summed E-state index contributed by atoms with van der Waals surface area (Å²) in [6, 6.07) is 28.4. The zero-order chi connectivity index (χ0) is 18.2. The lowest BCUT2D eigenvalue weighted by Gasteiger charge is -2.24. The van der Waals surface area contributed by atoms with Crippen molar-refractivity contribution in [3.63, 3.8) is 0 Å². The van der Waals surface area contributed by atoms with Crippen LogP contribution >= 0.6 is 0 Å². The number of aliphatic hydroxyl groups excluding tert-OH is 1. The van der Waals surface area contributed by atoms with Gasteiger partial charge >= 0.3 is 0 Å². The van der Waals surface area contributed by atoms with Gasteiger partial charge in [0.15, 0.2) is 0 Å². The van der Waals surface area contributed by atoms with E-state index >= 15 is 0 Å². The van der Waals surface area contributed by atoms with Crippen molar-refractivity contribution in [2.45, 2.75) is 25.6 Å². The van der Waals surface area contributed by atoms with Crippen LogP contribution in [0.25, 0.3) is 0 Å². The van der Waals surface area contributed by atoms with E-state index < -0.39 is 6.10 Å². The average Bonchev–Trinajstić information content (AvgIpc) is 2.67. The van der Waals surface area contributed by atoms with Gasteiger partial charge in [-0.1, -0.05) is 72.8 Å². The van der Waals surface area contributed by atoms with Crippen LogP contribution in [0.15, 0.2) is 84.9 Å². The first kappa shape index (κ1) is 18.2. The minimum atomic E-state index is -0.507. The number of rotatable bonds is 8. The van der Waals surface area contributed by atoms with Crippen molar-refractivity contribution in [3.8, 4) is 0 Å². The summed E-state index contributed by atoms with van der Waals surface area (Å²) in [6.45, 7) is 2.53. The van der Waals surface area contributed by atoms with Gasteiger partial charge in [-0.05, 0) is 35.2 Å². The Kier molecular flexibility index (Phi) is 6.42. The second-order valence-electron chi connectivity index (χ2n) is 6.66. The normalized spacial score (nSPS) is 12.2. The summed E-state index contributed by atoms with van der Waals surface area (Å²) in [6.07, 6.45) is 0.163. The van der Waals surface area contributed by atoms with Crippen molar-refractivity contribution < 1.29 is 5.11 Å². The third-order valence-corrected chi connectivity index (χ3v) is 4.51. The summed E-state index contributed by atoms with van der Waals surface area (Å²) in [4.78, 5) is 2.38. The van der Waals surface area contributed by atoms with Gasteiger partial charge in [-0.2, -0.15) is 0 Å². The van der Waals surface area contributed by atoms with E-state index in [9.17, 15) is 5.11 Å². The maximum Gasteiger partial charge on any atom is 0.0803 e. The molecule has 3 aromatic carbocycles. The van der Waals surface area contributed by atoms with Crippen molar-refractivity contribution in [2.75, 3.05) is 12.3 Å². The van der Waals surface area contributed by atoms with E-state index in [-0.39, 0.29) is 0 Å². The van der Waals surface area contributed by atoms with E-state index in [1.807, 2.05) is 36.4 Å². The van der Waals surface area contributed by atoms with Crippen LogP contribution in [0, 0.1) is 0 Å². The number of nitrogen functional groups attached to an aromatic ring is 1. The molecule has 0 spiro atoms. The van der Waals surface area contributed by atoms with Crippen LogP contribution in [0.2, 0.25) is 0 Å². The van der Waals surface area contributed by atoms with Gasteiger partial charge in [0.05, 0.1) is 6.10 Å². The number of anilines is 1. The van der Waals surface area contributed by atoms with Gasteiger partial charge in [-0.3, -0.25) is 4.90 Å². The molecule has 3 rings (SSSR count). The summed E-state index contributed by atoms with van der Waals surface area (Å²) in [5, 5.41) is 10.5. The zero-order valence-electron chi connectivity index (χ0n) is 15.0. The molecular weight excluding hydrogens is 320 g/mol. The standard InChI is InChI=1S/C23H26N2O/c24-22-13-7-12-21(16-22)23(26)14-15-25(17-19-8-3-1-4-9-19)18-20-10-5-2-6-11-20/h1-13,16,23,26H,14-15,17-18,24H2. The van der Waals surface area contributed by atoms with Crippen LogP contribution < -0.4 is 5.73 Å². The molecule has 3 N–H and O–H groups in total. The summed E-state index contributed by atoms with van der Waals surface area (Å²) < 4.78 is 0. The molecule has 0 aliphatic carbocycles. The Morgan fingerprint density at radius 1 is 0.769 bits per heavy atom. The molecule has 0 saturated carbocycles. The molecule has 1 unspecified atom stereocenters. The fraction of sp³-hybridized carbons (Fsp3) is 0.217. The molecule has 134 valence electrons. The molecular formula is C23H26N2O. The Balaban J connectivity index is 1.66. The van der Waals surface area contributed by atoms with Crippen LogP contribution in [0.1, 0.15) is 29.2 Å². The van der Waals surface area contributed by atoms with Crippen molar-refractivity contribution in [3.05, 3.63) is 102 Å². The third-order valence-electron chi connectivity index (χ3n) is 4.51. The van der Waals surface area contributed by atoms with Gasteiger partial charge in [0, 0.05) is 25.3 Å². The van der Waals surface area contributed by atoms with Crippen molar-refractivity contribution in [1.29, 1.82) is 0 Å². The van der Waals surface area contributed by atoms with Gasteiger partial charge < -0.3 is 10.8 Å². The first-order chi connectivity index (χ1) is 12.7. The topological polar surface area (TPSA) is 49.5 Å². The number of hydrogen-bond acceptors (Lipinski definition) is 3. The monoisotopic (exact) mass is 346 g/mol. The lowest BCUT2D eigenvalue weighted by atomic mass is 10.1. The highest BCUT2D eigenvalue weighted by Gasteiger charge is 2.12. The maximum absolute atomic E-state index is 10.5. The Hall–Kier alpha value is -2.62. The predicted octanol–water partition coefficient (Wildman–Crippen LogP) is 4.39. The van der Waals surface area contributed by atoms with Crippen LogP contribution in [-0.2, 0) is 13.1 Å². The Morgan fingerprint density at radius 2 is 1.35 bits per heavy atom. The first-order valence-corrected chi connectivity index (χ1v) is 9.04. The minimum Gasteiger partial charge on any atom is -0.399 e. The molecule has 0 aromatic heterocycles. The maximum atomic E-state index is 10.5. The fourth-order valence-corrected chi connectivity index (χ4v) is 3.14. The van der Waals surface area contributed by atoms with Crippen LogP contribution in [-0.4, -0.2) is 16.6 Å². The SMILES string of the molecule is Nc1cccc(C(O)CCN(Cc2ccccc2)Cc2ccccc2)c1. The van der Waals surface area contributed by atoms with E-state index in [1.165, 1.54) is 11.1 Å². The lowest BCUT2D eigenvalue weighted by molar-refractivity contribution is 0.137. The molecule has 0 amide bonds. The lowest BCUT2D eigenvalue weighted by Crippen LogP contribution is -2.25. The number of aliphatic hydroxyl groups is 1. The molecule has 0 saturated heterocycles. The Morgan fingerprint density at radius 3 is 1.88 bits per heavy atom. The zero-order valence-corrected chi connectivity index (χ0v) is 15.0. The van der Waals surface area contributed by atoms with Crippen LogP contribution in [0.5, 0.6) is 0 Å². The molecule has 0 aliphatic rings. The second-order valence-corrected chi connectivity index (χ2v) is 6.66. The quantitative estimate of drug-likeness (QED) is 0.595. The van der Waals surface area contributed by atoms with Crippen LogP contribution in [0.3, 0.4) is 0 Å². The van der Waals surface area contributed by atoms with Crippen molar-refractivity contribution in [1.82, 2.24) is 4.90 Å². The molecule has 26 heavy (non-hydrogen) atoms. The van der Waals surface area contributed by atoms with Gasteiger partial charge in [-0.15, -0.1) is 0 Å². The summed E-state index contributed by atoms with van der Waals surface area (Å²) in [5.41, 5.74) is 9.96. The van der Waals surface area contributed by atoms with E-state index in [1.54, 1.807) is 0 Å². The molecule has 1 atom stereocenters. The van der Waals surface area contributed by atoms with E-state index in [2.05, 4.69) is 53.4 Å². The molecule has 0 radical (unpaired) electrons. The number of hydrogen-bond donors (Lipinski definition) is 2. The number of benzene rings is 3. The highest BCUT2D eigenvalue weighted by molar-refractivity contribution is 5.41. The van der Waals surface area contributed by atoms with Gasteiger partial charge in [0.1, 0.15) is 0 Å². The number of nitrogens with zero attached hydrogens (tertiary/aromatic N) is 1. The highest BCUT2D eigenvalue weighted by atomic mass is 16.3. The van der Waals surface area contributed by atoms with Gasteiger partial charge in [0.25, 0.3) is 0 Å². The predicted molar refractivity (Wildman–Crippen MR) is 107 cm³/mol. The molecule has 0 aliphatic heterocycles. The summed E-state index contributed by atoms with van der Waals surface area (Å²) in [7, 11) is 0. The Labute approximate surface area is 155 Å². The molecule has 0 heterocycles. The van der Waals surface area contributed by atoms with Gasteiger partial charge in [-0.25, -0.2) is 0 Å². The molecule has 3 heteroatoms. The second kappa shape index (κ2) is 9.18. The molecule has 0 bridgehead atoms.